The fourth-order valence-corrected chi connectivity index (χ4v) is 2.51. The number of hydrogen-bond donors (Lipinski definition) is 2. The Bertz CT molecular complexity index is 296. The van der Waals surface area contributed by atoms with Crippen molar-refractivity contribution in [2.24, 2.45) is 23.5 Å². The van der Waals surface area contributed by atoms with Crippen LogP contribution in [0, 0.1) is 17.8 Å². The molecule has 84 valence electrons. The Kier molecular flexibility index (Phi) is 3.05. The Morgan fingerprint density at radius 3 is 2.80 bits per heavy atom. The summed E-state index contributed by atoms with van der Waals surface area (Å²) in [7, 11) is 0. The lowest BCUT2D eigenvalue weighted by molar-refractivity contribution is 0.183. The number of nitrogens with one attached hydrogen (secondary N) is 1. The highest BCUT2D eigenvalue weighted by atomic mass is 15.2. The topological polar surface area (TPSA) is 67.6 Å². The largest absolute Gasteiger partial charge is 0.321 e. The number of nitrogens with two attached hydrogens (primary N) is 1. The Hall–Kier alpha value is -0.900. The van der Waals surface area contributed by atoms with Gasteiger partial charge >= 0.3 is 0 Å². The zero-order valence-electron chi connectivity index (χ0n) is 9.48. The molecule has 0 aliphatic heterocycles. The van der Waals surface area contributed by atoms with Crippen LogP contribution in [-0.2, 0) is 0 Å². The standard InChI is InChI=1S/C11H20N4/c1-7-3-4-9(5-8(7)2)10(12)11-13-6-14-15-11/h6-10H,3-5,12H2,1-2H3,(H,13,14,15). The number of hydrogen-bond acceptors (Lipinski definition) is 3. The van der Waals surface area contributed by atoms with Crippen molar-refractivity contribution in [3.05, 3.63) is 12.2 Å². The van der Waals surface area contributed by atoms with E-state index in [4.69, 9.17) is 5.73 Å². The lowest BCUT2D eigenvalue weighted by atomic mass is 9.73. The van der Waals surface area contributed by atoms with Crippen molar-refractivity contribution >= 4 is 0 Å². The average molecular weight is 208 g/mol. The maximum atomic E-state index is 6.19. The van der Waals surface area contributed by atoms with E-state index in [-0.39, 0.29) is 6.04 Å². The van der Waals surface area contributed by atoms with E-state index >= 15 is 0 Å². The van der Waals surface area contributed by atoms with Crippen LogP contribution in [0.5, 0.6) is 0 Å². The molecule has 0 amide bonds. The first-order valence-electron chi connectivity index (χ1n) is 5.79. The first kappa shape index (κ1) is 10.6. The SMILES string of the molecule is CC1CCC(C(N)c2ncn[nH]2)CC1C. The molecule has 0 radical (unpaired) electrons. The van der Waals surface area contributed by atoms with Crippen molar-refractivity contribution in [2.75, 3.05) is 0 Å². The third-order valence-corrected chi connectivity index (χ3v) is 3.90. The maximum Gasteiger partial charge on any atom is 0.141 e. The highest BCUT2D eigenvalue weighted by Crippen LogP contribution is 2.37. The minimum Gasteiger partial charge on any atom is -0.321 e. The van der Waals surface area contributed by atoms with E-state index in [1.165, 1.54) is 25.6 Å². The summed E-state index contributed by atoms with van der Waals surface area (Å²) in [4.78, 5) is 4.14. The van der Waals surface area contributed by atoms with Crippen LogP contribution in [-0.4, -0.2) is 15.2 Å². The van der Waals surface area contributed by atoms with E-state index in [0.717, 1.165) is 17.7 Å². The Morgan fingerprint density at radius 2 is 2.20 bits per heavy atom. The lowest BCUT2D eigenvalue weighted by Gasteiger charge is -2.34. The van der Waals surface area contributed by atoms with Gasteiger partial charge in [0.2, 0.25) is 0 Å². The monoisotopic (exact) mass is 208 g/mol. The lowest BCUT2D eigenvalue weighted by Crippen LogP contribution is -2.30. The van der Waals surface area contributed by atoms with Crippen molar-refractivity contribution in [1.82, 2.24) is 15.2 Å². The van der Waals surface area contributed by atoms with E-state index in [2.05, 4.69) is 29.0 Å². The van der Waals surface area contributed by atoms with Crippen LogP contribution in [0.1, 0.15) is 45.0 Å². The Labute approximate surface area is 90.7 Å². The molecule has 1 saturated carbocycles. The molecule has 0 saturated heterocycles. The molecule has 4 atom stereocenters. The minimum absolute atomic E-state index is 0.0300. The van der Waals surface area contributed by atoms with Crippen LogP contribution in [0.25, 0.3) is 0 Å². The van der Waals surface area contributed by atoms with E-state index in [0.29, 0.717) is 5.92 Å². The first-order valence-corrected chi connectivity index (χ1v) is 5.79. The summed E-state index contributed by atoms with van der Waals surface area (Å²) in [6.07, 6.45) is 5.24. The Balaban J connectivity index is 2.00. The van der Waals surface area contributed by atoms with Crippen molar-refractivity contribution in [3.8, 4) is 0 Å². The second kappa shape index (κ2) is 4.31. The van der Waals surface area contributed by atoms with Gasteiger partial charge in [-0.05, 0) is 30.6 Å². The van der Waals surface area contributed by atoms with Crippen LogP contribution in [0.3, 0.4) is 0 Å². The van der Waals surface area contributed by atoms with E-state index in [9.17, 15) is 0 Å². The molecule has 0 bridgehead atoms. The first-order chi connectivity index (χ1) is 7.18. The second-order valence-electron chi connectivity index (χ2n) is 4.92. The molecule has 1 aliphatic carbocycles. The number of aromatic nitrogens is 3. The van der Waals surface area contributed by atoms with Crippen LogP contribution < -0.4 is 5.73 Å². The molecule has 2 rings (SSSR count). The van der Waals surface area contributed by atoms with Crippen molar-refractivity contribution in [2.45, 2.75) is 39.2 Å². The molecule has 1 fully saturated rings. The maximum absolute atomic E-state index is 6.19. The van der Waals surface area contributed by atoms with Gasteiger partial charge in [-0.25, -0.2) is 4.98 Å². The fourth-order valence-electron chi connectivity index (χ4n) is 2.51. The van der Waals surface area contributed by atoms with Crippen LogP contribution in [0.15, 0.2) is 6.33 Å². The van der Waals surface area contributed by atoms with Gasteiger partial charge < -0.3 is 5.73 Å². The minimum atomic E-state index is 0.0300. The number of H-pyrrole nitrogens is 1. The summed E-state index contributed by atoms with van der Waals surface area (Å²) in [6, 6.07) is 0.0300. The molecule has 1 aliphatic rings. The van der Waals surface area contributed by atoms with Gasteiger partial charge in [0.25, 0.3) is 0 Å². The van der Waals surface area contributed by atoms with Crippen LogP contribution in [0.2, 0.25) is 0 Å². The molecule has 1 heterocycles. The smallest absolute Gasteiger partial charge is 0.141 e. The fraction of sp³-hybridized carbons (Fsp3) is 0.818. The molecule has 4 heteroatoms. The van der Waals surface area contributed by atoms with Crippen LogP contribution in [0.4, 0.5) is 0 Å². The molecule has 0 aromatic carbocycles. The van der Waals surface area contributed by atoms with Gasteiger partial charge in [-0.1, -0.05) is 20.3 Å². The molecule has 15 heavy (non-hydrogen) atoms. The third kappa shape index (κ3) is 2.20. The van der Waals surface area contributed by atoms with Gasteiger partial charge in [0.15, 0.2) is 0 Å². The number of aromatic amines is 1. The summed E-state index contributed by atoms with van der Waals surface area (Å²) in [5, 5.41) is 6.73. The summed E-state index contributed by atoms with van der Waals surface area (Å²) in [5.74, 6) is 3.01. The van der Waals surface area contributed by atoms with E-state index < -0.39 is 0 Å². The predicted octanol–water partition coefficient (Wildman–Crippen LogP) is 1.88. The van der Waals surface area contributed by atoms with Gasteiger partial charge in [0.05, 0.1) is 6.04 Å². The molecule has 4 unspecified atom stereocenters. The highest BCUT2D eigenvalue weighted by molar-refractivity contribution is 4.95. The van der Waals surface area contributed by atoms with E-state index in [1.807, 2.05) is 0 Å². The summed E-state index contributed by atoms with van der Waals surface area (Å²) in [6.45, 7) is 4.66. The summed E-state index contributed by atoms with van der Waals surface area (Å²) < 4.78 is 0. The Morgan fingerprint density at radius 1 is 1.40 bits per heavy atom. The normalized spacial score (nSPS) is 33.9. The molecule has 3 N–H and O–H groups in total. The molecule has 4 nitrogen and oxygen atoms in total. The molecule has 1 aromatic rings. The average Bonchev–Trinajstić information content (AvgIpc) is 2.74. The molecule has 1 aromatic heterocycles. The van der Waals surface area contributed by atoms with Crippen molar-refractivity contribution in [1.29, 1.82) is 0 Å². The zero-order chi connectivity index (χ0) is 10.8. The van der Waals surface area contributed by atoms with Crippen molar-refractivity contribution < 1.29 is 0 Å². The highest BCUT2D eigenvalue weighted by Gasteiger charge is 2.30. The quantitative estimate of drug-likeness (QED) is 0.779. The van der Waals surface area contributed by atoms with E-state index in [1.54, 1.807) is 0 Å². The van der Waals surface area contributed by atoms with Crippen LogP contribution >= 0.6 is 0 Å². The van der Waals surface area contributed by atoms with Crippen molar-refractivity contribution in [3.63, 3.8) is 0 Å². The summed E-state index contributed by atoms with van der Waals surface area (Å²) >= 11 is 0. The zero-order valence-corrected chi connectivity index (χ0v) is 9.48. The number of nitrogens with zero attached hydrogens (tertiary/aromatic N) is 2. The molecule has 0 spiro atoms. The molecular formula is C11H20N4. The van der Waals surface area contributed by atoms with Gasteiger partial charge in [-0.3, -0.25) is 5.10 Å². The van der Waals surface area contributed by atoms with Gasteiger partial charge in [0.1, 0.15) is 12.2 Å². The summed E-state index contributed by atoms with van der Waals surface area (Å²) in [5.41, 5.74) is 6.19. The van der Waals surface area contributed by atoms with Gasteiger partial charge in [-0.2, -0.15) is 5.10 Å². The van der Waals surface area contributed by atoms with Gasteiger partial charge in [-0.15, -0.1) is 0 Å². The third-order valence-electron chi connectivity index (χ3n) is 3.90. The van der Waals surface area contributed by atoms with Gasteiger partial charge in [0, 0.05) is 0 Å². The molecular weight excluding hydrogens is 188 g/mol. The second-order valence-corrected chi connectivity index (χ2v) is 4.92. The number of rotatable bonds is 2. The predicted molar refractivity (Wildman–Crippen MR) is 59.0 cm³/mol.